The molecule has 1 atom stereocenters. The van der Waals surface area contributed by atoms with E-state index in [9.17, 15) is 14.7 Å². The first kappa shape index (κ1) is 20.0. The number of anilines is 1. The lowest BCUT2D eigenvalue weighted by atomic mass is 9.88. The molecular weight excluding hydrogens is 382 g/mol. The monoisotopic (exact) mass is 404 g/mol. The number of thiophene rings is 1. The van der Waals surface area contributed by atoms with Gasteiger partial charge >= 0.3 is 0 Å². The molecule has 1 aromatic carbocycles. The normalized spacial score (nSPS) is 15.5. The van der Waals surface area contributed by atoms with Crippen molar-refractivity contribution >= 4 is 28.2 Å². The smallest absolute Gasteiger partial charge is 0.256 e. The Kier molecular flexibility index (Phi) is 5.79. The molecule has 1 aromatic heterocycles. The predicted molar refractivity (Wildman–Crippen MR) is 104 cm³/mol. The first-order valence-electron chi connectivity index (χ1n) is 8.86. The van der Waals surface area contributed by atoms with E-state index in [1.807, 2.05) is 0 Å². The summed E-state index contributed by atoms with van der Waals surface area (Å²) in [6, 6.07) is 3.04. The van der Waals surface area contributed by atoms with Crippen molar-refractivity contribution in [1.29, 1.82) is 0 Å². The van der Waals surface area contributed by atoms with Gasteiger partial charge in [0, 0.05) is 16.0 Å². The first-order chi connectivity index (χ1) is 13.4. The number of carboxylic acid groups (broad SMARTS) is 1. The van der Waals surface area contributed by atoms with Crippen LogP contribution in [0.2, 0.25) is 0 Å². The summed E-state index contributed by atoms with van der Waals surface area (Å²) in [6.07, 6.45) is 2.40. The molecule has 8 heteroatoms. The Morgan fingerprint density at radius 2 is 1.79 bits per heavy atom. The molecule has 0 aliphatic heterocycles. The fourth-order valence-electron chi connectivity index (χ4n) is 3.44. The number of fused-ring (bicyclic) bond motifs is 1. The average molecular weight is 404 g/mol. The second-order valence-electron chi connectivity index (χ2n) is 6.71. The molecule has 0 saturated heterocycles. The number of aromatic carboxylic acids is 1. The largest absolute Gasteiger partial charge is 0.545 e. The number of ether oxygens (including phenoxy) is 3. The maximum absolute atomic E-state index is 12.8. The second kappa shape index (κ2) is 8.10. The van der Waals surface area contributed by atoms with Gasteiger partial charge in [0.05, 0.1) is 27.3 Å². The van der Waals surface area contributed by atoms with Crippen LogP contribution in [0.3, 0.4) is 0 Å². The number of hydrogen-bond donors (Lipinski definition) is 1. The van der Waals surface area contributed by atoms with Crippen molar-refractivity contribution < 1.29 is 28.9 Å². The summed E-state index contributed by atoms with van der Waals surface area (Å²) in [5.74, 6) is -0.199. The van der Waals surface area contributed by atoms with Gasteiger partial charge in [-0.05, 0) is 42.9 Å². The maximum Gasteiger partial charge on any atom is 0.256 e. The maximum atomic E-state index is 12.8. The Hall–Kier alpha value is -2.74. The molecule has 1 heterocycles. The molecule has 28 heavy (non-hydrogen) atoms. The molecule has 0 radical (unpaired) electrons. The van der Waals surface area contributed by atoms with Crippen molar-refractivity contribution in [1.82, 2.24) is 0 Å². The van der Waals surface area contributed by atoms with Gasteiger partial charge in [-0.25, -0.2) is 0 Å². The SMILES string of the molecule is COc1cc(C(=O)Nc2sc3c(c2C(=O)[O-])CCC(C)C3)cc(OC)c1OC. The summed E-state index contributed by atoms with van der Waals surface area (Å²) >= 11 is 1.30. The van der Waals surface area contributed by atoms with Crippen LogP contribution in [-0.2, 0) is 12.8 Å². The number of carbonyl (C=O) groups is 2. The molecule has 0 bridgehead atoms. The minimum atomic E-state index is -1.27. The first-order valence-corrected chi connectivity index (χ1v) is 9.68. The van der Waals surface area contributed by atoms with Gasteiger partial charge in [-0.2, -0.15) is 0 Å². The van der Waals surface area contributed by atoms with Crippen LogP contribution in [0.15, 0.2) is 12.1 Å². The highest BCUT2D eigenvalue weighted by molar-refractivity contribution is 7.17. The average Bonchev–Trinajstić information content (AvgIpc) is 3.03. The molecule has 1 aliphatic carbocycles. The zero-order valence-corrected chi connectivity index (χ0v) is 17.0. The number of nitrogens with one attached hydrogen (secondary N) is 1. The van der Waals surface area contributed by atoms with Gasteiger partial charge in [0.1, 0.15) is 5.00 Å². The van der Waals surface area contributed by atoms with Crippen molar-refractivity contribution in [2.45, 2.75) is 26.2 Å². The minimum absolute atomic E-state index is 0.0905. The van der Waals surface area contributed by atoms with Crippen molar-refractivity contribution in [3.05, 3.63) is 33.7 Å². The fourth-order valence-corrected chi connectivity index (χ4v) is 4.84. The van der Waals surface area contributed by atoms with Crippen molar-refractivity contribution in [2.24, 2.45) is 5.92 Å². The van der Waals surface area contributed by atoms with E-state index in [0.717, 1.165) is 23.3 Å². The number of hydrogen-bond acceptors (Lipinski definition) is 7. The molecule has 1 unspecified atom stereocenters. The highest BCUT2D eigenvalue weighted by Crippen LogP contribution is 2.41. The standard InChI is InChI=1S/C20H23NO6S/c1-10-5-6-12-15(7-10)28-19(16(12)20(23)24)21-18(22)11-8-13(25-2)17(27-4)14(9-11)26-3/h8-10H,5-7H2,1-4H3,(H,21,22)(H,23,24)/p-1. The number of carbonyl (C=O) groups excluding carboxylic acids is 2. The molecule has 0 fully saturated rings. The van der Waals surface area contributed by atoms with E-state index in [-0.39, 0.29) is 11.1 Å². The van der Waals surface area contributed by atoms with Crippen LogP contribution >= 0.6 is 11.3 Å². The van der Waals surface area contributed by atoms with E-state index in [2.05, 4.69) is 12.2 Å². The lowest BCUT2D eigenvalue weighted by Crippen LogP contribution is -2.26. The summed E-state index contributed by atoms with van der Waals surface area (Å²) in [5.41, 5.74) is 1.13. The molecule has 0 saturated carbocycles. The van der Waals surface area contributed by atoms with E-state index in [0.29, 0.717) is 34.6 Å². The van der Waals surface area contributed by atoms with Crippen molar-refractivity contribution in [2.75, 3.05) is 26.6 Å². The van der Waals surface area contributed by atoms with Crippen LogP contribution in [-0.4, -0.2) is 33.2 Å². The van der Waals surface area contributed by atoms with Gasteiger partial charge < -0.3 is 29.4 Å². The van der Waals surface area contributed by atoms with Crippen LogP contribution < -0.4 is 24.6 Å². The zero-order chi connectivity index (χ0) is 20.4. The van der Waals surface area contributed by atoms with Crippen LogP contribution in [0, 0.1) is 5.92 Å². The number of carboxylic acids is 1. The van der Waals surface area contributed by atoms with Crippen molar-refractivity contribution in [3.63, 3.8) is 0 Å². The van der Waals surface area contributed by atoms with Crippen LogP contribution in [0.5, 0.6) is 17.2 Å². The van der Waals surface area contributed by atoms with E-state index in [1.54, 1.807) is 0 Å². The number of rotatable bonds is 6. The van der Waals surface area contributed by atoms with E-state index >= 15 is 0 Å². The predicted octanol–water partition coefficient (Wildman–Crippen LogP) is 2.51. The van der Waals surface area contributed by atoms with Crippen LogP contribution in [0.25, 0.3) is 0 Å². The van der Waals surface area contributed by atoms with Gasteiger partial charge in [0.2, 0.25) is 5.75 Å². The molecule has 0 spiro atoms. The molecule has 150 valence electrons. The third kappa shape index (κ3) is 3.64. The Morgan fingerprint density at radius 3 is 2.32 bits per heavy atom. The topological polar surface area (TPSA) is 96.9 Å². The van der Waals surface area contributed by atoms with E-state index in [4.69, 9.17) is 14.2 Å². The van der Waals surface area contributed by atoms with Gasteiger partial charge in [-0.3, -0.25) is 4.79 Å². The number of methoxy groups -OCH3 is 3. The zero-order valence-electron chi connectivity index (χ0n) is 16.2. The van der Waals surface area contributed by atoms with Gasteiger partial charge in [0.15, 0.2) is 11.5 Å². The molecule has 3 rings (SSSR count). The Bertz CT molecular complexity index is 895. The Balaban J connectivity index is 1.97. The summed E-state index contributed by atoms with van der Waals surface area (Å²) < 4.78 is 15.8. The van der Waals surface area contributed by atoms with E-state index < -0.39 is 11.9 Å². The third-order valence-corrected chi connectivity index (χ3v) is 6.04. The number of amides is 1. The number of benzene rings is 1. The Morgan fingerprint density at radius 1 is 1.14 bits per heavy atom. The third-order valence-electron chi connectivity index (χ3n) is 4.87. The molecule has 1 N–H and O–H groups in total. The second-order valence-corrected chi connectivity index (χ2v) is 7.82. The lowest BCUT2D eigenvalue weighted by Gasteiger charge is -2.19. The van der Waals surface area contributed by atoms with Gasteiger partial charge in [-0.15, -0.1) is 11.3 Å². The molecule has 7 nitrogen and oxygen atoms in total. The molecule has 1 aliphatic rings. The molecule has 2 aromatic rings. The summed E-state index contributed by atoms with van der Waals surface area (Å²) in [6.45, 7) is 2.13. The molecular formula is C20H22NO6S-. The van der Waals surface area contributed by atoms with Crippen LogP contribution in [0.1, 0.15) is 44.5 Å². The Labute approximate surface area is 167 Å². The quantitative estimate of drug-likeness (QED) is 0.795. The van der Waals surface area contributed by atoms with Gasteiger partial charge in [0.25, 0.3) is 5.91 Å². The summed E-state index contributed by atoms with van der Waals surface area (Å²) in [5, 5.41) is 14.8. The van der Waals surface area contributed by atoms with Crippen LogP contribution in [0.4, 0.5) is 5.00 Å². The van der Waals surface area contributed by atoms with Gasteiger partial charge in [-0.1, -0.05) is 6.92 Å². The minimum Gasteiger partial charge on any atom is -0.545 e. The highest BCUT2D eigenvalue weighted by Gasteiger charge is 2.26. The summed E-state index contributed by atoms with van der Waals surface area (Å²) in [4.78, 5) is 25.6. The lowest BCUT2D eigenvalue weighted by molar-refractivity contribution is -0.255. The van der Waals surface area contributed by atoms with Crippen molar-refractivity contribution in [3.8, 4) is 17.2 Å². The molecule has 1 amide bonds. The summed E-state index contributed by atoms with van der Waals surface area (Å²) in [7, 11) is 4.40. The van der Waals surface area contributed by atoms with E-state index in [1.165, 1.54) is 44.8 Å². The fraction of sp³-hybridized carbons (Fsp3) is 0.400. The highest BCUT2D eigenvalue weighted by atomic mass is 32.1.